The molecule has 0 aliphatic heterocycles. The number of esters is 1. The van der Waals surface area contributed by atoms with Crippen molar-refractivity contribution in [2.45, 2.75) is 18.0 Å². The summed E-state index contributed by atoms with van der Waals surface area (Å²) in [6.07, 6.45) is -2.83. The molecule has 0 bridgehead atoms. The minimum Gasteiger partial charge on any atom is -0.459 e. The average Bonchev–Trinajstić information content (AvgIpc) is 3.04. The molecule has 0 N–H and O–H groups in total. The summed E-state index contributed by atoms with van der Waals surface area (Å²) in [5.74, 6) is -0.233. The highest BCUT2D eigenvalue weighted by Gasteiger charge is 2.30. The smallest absolute Gasteiger partial charge is 0.416 e. The van der Waals surface area contributed by atoms with E-state index in [1.165, 1.54) is 10.6 Å². The van der Waals surface area contributed by atoms with Gasteiger partial charge in [-0.1, -0.05) is 6.07 Å². The minimum absolute atomic E-state index is 0.0156. The first-order chi connectivity index (χ1) is 12.3. The Morgan fingerprint density at radius 3 is 2.85 bits per heavy atom. The third-order valence-electron chi connectivity index (χ3n) is 3.36. The number of aryl methyl sites for hydroxylation is 1. The Morgan fingerprint density at radius 1 is 1.31 bits per heavy atom. The van der Waals surface area contributed by atoms with Crippen molar-refractivity contribution in [3.05, 3.63) is 53.6 Å². The molecule has 0 atom stereocenters. The molecule has 0 unspecified atom stereocenters. The summed E-state index contributed by atoms with van der Waals surface area (Å²) < 4.78 is 44.5. The van der Waals surface area contributed by atoms with E-state index in [1.807, 2.05) is 0 Å². The van der Waals surface area contributed by atoms with E-state index in [9.17, 15) is 18.0 Å². The molecule has 0 fully saturated rings. The molecule has 6 nitrogen and oxygen atoms in total. The number of nitrogens with zero attached hydrogens (tertiary/aromatic N) is 4. The molecule has 0 aliphatic rings. The first kappa shape index (κ1) is 18.2. The highest BCUT2D eigenvalue weighted by molar-refractivity contribution is 7.99. The van der Waals surface area contributed by atoms with Gasteiger partial charge < -0.3 is 4.74 Å². The molecule has 0 radical (unpaired) electrons. The van der Waals surface area contributed by atoms with Gasteiger partial charge in [0.15, 0.2) is 0 Å². The Labute approximate surface area is 150 Å². The second kappa shape index (κ2) is 7.32. The molecular formula is C16H13F3N4O2S. The van der Waals surface area contributed by atoms with Crippen LogP contribution in [-0.4, -0.2) is 37.9 Å². The maximum atomic E-state index is 12.7. The fourth-order valence-corrected chi connectivity index (χ4v) is 2.90. The molecule has 0 saturated heterocycles. The van der Waals surface area contributed by atoms with Crippen LogP contribution in [-0.2, 0) is 10.9 Å². The van der Waals surface area contributed by atoms with Gasteiger partial charge in [0.2, 0.25) is 0 Å². The van der Waals surface area contributed by atoms with Gasteiger partial charge in [0.05, 0.1) is 5.56 Å². The monoisotopic (exact) mass is 382 g/mol. The van der Waals surface area contributed by atoms with Crippen LogP contribution in [0.2, 0.25) is 0 Å². The highest BCUT2D eigenvalue weighted by Crippen LogP contribution is 2.31. The molecule has 136 valence electrons. The van der Waals surface area contributed by atoms with Crippen LogP contribution < -0.4 is 0 Å². The van der Waals surface area contributed by atoms with E-state index >= 15 is 0 Å². The van der Waals surface area contributed by atoms with Gasteiger partial charge in [-0.05, 0) is 31.2 Å². The topological polar surface area (TPSA) is 69.4 Å². The molecule has 0 aliphatic carbocycles. The van der Waals surface area contributed by atoms with Gasteiger partial charge in [0.1, 0.15) is 6.61 Å². The van der Waals surface area contributed by atoms with Gasteiger partial charge >= 0.3 is 12.1 Å². The van der Waals surface area contributed by atoms with Crippen molar-refractivity contribution < 1.29 is 22.7 Å². The molecule has 1 aromatic carbocycles. The Bertz CT molecular complexity index is 943. The summed E-state index contributed by atoms with van der Waals surface area (Å²) in [7, 11) is 0. The van der Waals surface area contributed by atoms with Gasteiger partial charge in [-0.25, -0.2) is 14.3 Å². The van der Waals surface area contributed by atoms with Gasteiger partial charge in [-0.3, -0.25) is 0 Å². The van der Waals surface area contributed by atoms with Crippen molar-refractivity contribution in [2.24, 2.45) is 0 Å². The number of benzene rings is 1. The maximum absolute atomic E-state index is 12.7. The summed E-state index contributed by atoms with van der Waals surface area (Å²) in [5.41, 5.74) is 0.0536. The first-order valence-corrected chi connectivity index (χ1v) is 8.49. The van der Waals surface area contributed by atoms with E-state index in [4.69, 9.17) is 4.74 Å². The average molecular weight is 382 g/mol. The minimum atomic E-state index is -4.38. The fourth-order valence-electron chi connectivity index (χ4n) is 2.11. The number of rotatable bonds is 5. The van der Waals surface area contributed by atoms with Crippen LogP contribution in [0.15, 0.2) is 41.4 Å². The van der Waals surface area contributed by atoms with E-state index in [-0.39, 0.29) is 18.2 Å². The number of ether oxygens (including phenoxy) is 1. The number of thioether (sulfide) groups is 1. The van der Waals surface area contributed by atoms with Gasteiger partial charge in [0, 0.05) is 22.5 Å². The third-order valence-corrected chi connectivity index (χ3v) is 4.32. The number of carbonyl (C=O) groups is 1. The summed E-state index contributed by atoms with van der Waals surface area (Å²) in [4.78, 5) is 20.4. The van der Waals surface area contributed by atoms with E-state index in [0.717, 1.165) is 29.6 Å². The first-order valence-electron chi connectivity index (χ1n) is 7.50. The number of carbonyl (C=O) groups excluding carboxylic acids is 1. The highest BCUT2D eigenvalue weighted by atomic mass is 32.2. The lowest BCUT2D eigenvalue weighted by atomic mass is 10.2. The largest absolute Gasteiger partial charge is 0.459 e. The second-order valence-electron chi connectivity index (χ2n) is 5.24. The lowest BCUT2D eigenvalue weighted by Gasteiger charge is -2.08. The van der Waals surface area contributed by atoms with E-state index < -0.39 is 17.7 Å². The van der Waals surface area contributed by atoms with Crippen LogP contribution >= 0.6 is 11.8 Å². The lowest BCUT2D eigenvalue weighted by Crippen LogP contribution is -2.10. The number of alkyl halides is 3. The molecule has 0 spiro atoms. The Kier molecular flexibility index (Phi) is 5.12. The number of aromatic nitrogens is 4. The summed E-state index contributed by atoms with van der Waals surface area (Å²) in [5, 5.41) is 4.02. The van der Waals surface area contributed by atoms with E-state index in [2.05, 4.69) is 15.1 Å². The summed E-state index contributed by atoms with van der Waals surface area (Å²) in [6, 6.07) is 6.70. The van der Waals surface area contributed by atoms with Crippen molar-refractivity contribution in [3.8, 4) is 0 Å². The second-order valence-corrected chi connectivity index (χ2v) is 6.41. The van der Waals surface area contributed by atoms with Gasteiger partial charge in [0.25, 0.3) is 11.6 Å². The van der Waals surface area contributed by atoms with Crippen LogP contribution in [0.5, 0.6) is 0 Å². The van der Waals surface area contributed by atoms with E-state index in [1.54, 1.807) is 25.3 Å². The SMILES string of the molecule is Cc1ccnc2nc(C(=O)OCCSc3cccc(C(F)(F)F)c3)nn12. The normalized spacial score (nSPS) is 11.7. The molecular weight excluding hydrogens is 369 g/mol. The number of hydrogen-bond donors (Lipinski definition) is 0. The van der Waals surface area contributed by atoms with Crippen molar-refractivity contribution in [1.29, 1.82) is 0 Å². The Balaban J connectivity index is 1.55. The number of halogens is 3. The molecule has 26 heavy (non-hydrogen) atoms. The molecule has 10 heteroatoms. The molecule has 2 aromatic heterocycles. The quantitative estimate of drug-likeness (QED) is 0.383. The van der Waals surface area contributed by atoms with E-state index in [0.29, 0.717) is 10.6 Å². The van der Waals surface area contributed by atoms with Crippen LogP contribution in [0, 0.1) is 6.92 Å². The Hall–Kier alpha value is -2.62. The molecule has 0 saturated carbocycles. The number of hydrogen-bond acceptors (Lipinski definition) is 6. The van der Waals surface area contributed by atoms with Crippen molar-refractivity contribution in [1.82, 2.24) is 19.6 Å². The predicted octanol–water partition coefficient (Wildman–Crippen LogP) is 3.40. The summed E-state index contributed by atoms with van der Waals surface area (Å²) in [6.45, 7) is 1.81. The van der Waals surface area contributed by atoms with Crippen molar-refractivity contribution in [3.63, 3.8) is 0 Å². The lowest BCUT2D eigenvalue weighted by molar-refractivity contribution is -0.137. The van der Waals surface area contributed by atoms with Crippen molar-refractivity contribution in [2.75, 3.05) is 12.4 Å². The summed E-state index contributed by atoms with van der Waals surface area (Å²) >= 11 is 1.16. The Morgan fingerprint density at radius 2 is 2.12 bits per heavy atom. The van der Waals surface area contributed by atoms with Gasteiger partial charge in [-0.2, -0.15) is 18.2 Å². The van der Waals surface area contributed by atoms with Crippen LogP contribution in [0.3, 0.4) is 0 Å². The molecule has 0 amide bonds. The standard InChI is InChI=1S/C16H13F3N4O2S/c1-10-5-6-20-15-21-13(22-23(10)15)14(24)25-7-8-26-12-4-2-3-11(9-12)16(17,18)19/h2-6,9H,7-8H2,1H3. The zero-order valence-electron chi connectivity index (χ0n) is 13.5. The maximum Gasteiger partial charge on any atom is 0.416 e. The number of fused-ring (bicyclic) bond motifs is 1. The predicted molar refractivity (Wildman–Crippen MR) is 88.0 cm³/mol. The zero-order valence-corrected chi connectivity index (χ0v) is 14.3. The van der Waals surface area contributed by atoms with Crippen molar-refractivity contribution >= 4 is 23.5 Å². The fraction of sp³-hybridized carbons (Fsp3) is 0.250. The molecule has 3 rings (SSSR count). The molecule has 3 aromatic rings. The van der Waals surface area contributed by atoms with Crippen LogP contribution in [0.4, 0.5) is 13.2 Å². The third kappa shape index (κ3) is 4.13. The van der Waals surface area contributed by atoms with Gasteiger partial charge in [-0.15, -0.1) is 16.9 Å². The van der Waals surface area contributed by atoms with Crippen LogP contribution in [0.1, 0.15) is 21.9 Å². The zero-order chi connectivity index (χ0) is 18.7. The molecule has 2 heterocycles. The van der Waals surface area contributed by atoms with Crippen LogP contribution in [0.25, 0.3) is 5.78 Å².